The van der Waals surface area contributed by atoms with Crippen molar-refractivity contribution in [2.75, 3.05) is 7.05 Å². The van der Waals surface area contributed by atoms with Gasteiger partial charge in [0.15, 0.2) is 0 Å². The standard InChI is InChI=1S/C16H15BrN2O2/c1-19-8-5-6-12(19)14-11(7-8)18-15-9(13(14)16(20)21)3-2-4-10(15)17/h2-4,8,12H,5-7H2,1H3,(H,20,21). The predicted octanol–water partition coefficient (Wildman–Crippen LogP) is 3.39. The van der Waals surface area contributed by atoms with Crippen LogP contribution in [0.2, 0.25) is 0 Å². The molecule has 2 aliphatic heterocycles. The van der Waals surface area contributed by atoms with Gasteiger partial charge in [-0.2, -0.15) is 0 Å². The van der Waals surface area contributed by atoms with E-state index in [9.17, 15) is 9.90 Å². The number of fused-ring (bicyclic) bond motifs is 5. The zero-order valence-corrected chi connectivity index (χ0v) is 13.2. The molecule has 2 aliphatic rings. The summed E-state index contributed by atoms with van der Waals surface area (Å²) in [4.78, 5) is 19.0. The van der Waals surface area contributed by atoms with E-state index < -0.39 is 5.97 Å². The van der Waals surface area contributed by atoms with E-state index in [0.717, 1.165) is 45.9 Å². The van der Waals surface area contributed by atoms with Gasteiger partial charge < -0.3 is 5.11 Å². The number of carbonyl (C=O) groups is 1. The van der Waals surface area contributed by atoms with Crippen LogP contribution < -0.4 is 0 Å². The van der Waals surface area contributed by atoms with Crippen LogP contribution in [0.5, 0.6) is 0 Å². The summed E-state index contributed by atoms with van der Waals surface area (Å²) in [7, 11) is 2.10. The second-order valence-corrected chi connectivity index (χ2v) is 6.76. The van der Waals surface area contributed by atoms with E-state index in [4.69, 9.17) is 4.98 Å². The summed E-state index contributed by atoms with van der Waals surface area (Å²) in [6.07, 6.45) is 2.99. The number of rotatable bonds is 1. The van der Waals surface area contributed by atoms with Crippen molar-refractivity contribution in [3.8, 4) is 0 Å². The molecule has 0 radical (unpaired) electrons. The highest BCUT2D eigenvalue weighted by molar-refractivity contribution is 9.10. The molecule has 108 valence electrons. The van der Waals surface area contributed by atoms with Crippen molar-refractivity contribution in [1.82, 2.24) is 9.88 Å². The number of hydrogen-bond donors (Lipinski definition) is 1. The number of aromatic nitrogens is 1. The Morgan fingerprint density at radius 2 is 2.24 bits per heavy atom. The van der Waals surface area contributed by atoms with Crippen molar-refractivity contribution in [3.05, 3.63) is 39.5 Å². The smallest absolute Gasteiger partial charge is 0.336 e. The number of pyridine rings is 1. The molecule has 4 rings (SSSR count). The average Bonchev–Trinajstić information content (AvgIpc) is 2.69. The van der Waals surface area contributed by atoms with Crippen LogP contribution in [0.3, 0.4) is 0 Å². The van der Waals surface area contributed by atoms with Gasteiger partial charge in [-0.05, 0) is 41.9 Å². The maximum Gasteiger partial charge on any atom is 0.336 e. The number of hydrogen-bond acceptors (Lipinski definition) is 3. The first-order chi connectivity index (χ1) is 10.1. The molecule has 1 aromatic carbocycles. The van der Waals surface area contributed by atoms with Crippen molar-refractivity contribution in [1.29, 1.82) is 0 Å². The zero-order chi connectivity index (χ0) is 14.7. The summed E-state index contributed by atoms with van der Waals surface area (Å²) >= 11 is 3.50. The number of aromatic carboxylic acids is 1. The molecular formula is C16H15BrN2O2. The summed E-state index contributed by atoms with van der Waals surface area (Å²) in [5.41, 5.74) is 3.10. The number of carboxylic acids is 1. The van der Waals surface area contributed by atoms with Crippen molar-refractivity contribution in [2.24, 2.45) is 0 Å². The number of benzene rings is 1. The molecule has 0 spiro atoms. The molecule has 2 atom stereocenters. The van der Waals surface area contributed by atoms with E-state index in [0.29, 0.717) is 11.6 Å². The first-order valence-electron chi connectivity index (χ1n) is 7.14. The second-order valence-electron chi connectivity index (χ2n) is 5.90. The minimum absolute atomic E-state index is 0.195. The van der Waals surface area contributed by atoms with Gasteiger partial charge in [0.25, 0.3) is 0 Å². The summed E-state index contributed by atoms with van der Waals surface area (Å²) in [6.45, 7) is 0. The highest BCUT2D eigenvalue weighted by Crippen LogP contribution is 2.45. The van der Waals surface area contributed by atoms with E-state index in [1.54, 1.807) is 0 Å². The Labute approximate surface area is 130 Å². The maximum absolute atomic E-state index is 11.9. The maximum atomic E-state index is 11.9. The molecule has 0 amide bonds. The van der Waals surface area contributed by atoms with Crippen molar-refractivity contribution in [2.45, 2.75) is 31.3 Å². The predicted molar refractivity (Wildman–Crippen MR) is 83.6 cm³/mol. The highest BCUT2D eigenvalue weighted by Gasteiger charge is 2.41. The van der Waals surface area contributed by atoms with Crippen LogP contribution in [0.4, 0.5) is 0 Å². The number of halogens is 1. The largest absolute Gasteiger partial charge is 0.478 e. The number of para-hydroxylation sites is 1. The van der Waals surface area contributed by atoms with Crippen LogP contribution in [0.25, 0.3) is 10.9 Å². The Balaban J connectivity index is 2.11. The molecule has 0 aliphatic carbocycles. The van der Waals surface area contributed by atoms with Gasteiger partial charge in [0.2, 0.25) is 0 Å². The molecule has 5 heteroatoms. The second kappa shape index (κ2) is 4.52. The first kappa shape index (κ1) is 13.2. The van der Waals surface area contributed by atoms with Crippen LogP contribution in [0, 0.1) is 0 Å². The molecule has 0 saturated carbocycles. The fraction of sp³-hybridized carbons (Fsp3) is 0.375. The Morgan fingerprint density at radius 1 is 1.43 bits per heavy atom. The zero-order valence-electron chi connectivity index (χ0n) is 11.6. The highest BCUT2D eigenvalue weighted by atomic mass is 79.9. The van der Waals surface area contributed by atoms with Crippen LogP contribution in [0.1, 0.15) is 40.5 Å². The normalized spacial score (nSPS) is 24.3. The molecule has 2 unspecified atom stereocenters. The topological polar surface area (TPSA) is 53.4 Å². The van der Waals surface area contributed by atoms with Gasteiger partial charge in [-0.3, -0.25) is 9.88 Å². The van der Waals surface area contributed by atoms with E-state index >= 15 is 0 Å². The molecule has 21 heavy (non-hydrogen) atoms. The van der Waals surface area contributed by atoms with Gasteiger partial charge in [-0.1, -0.05) is 12.1 Å². The average molecular weight is 347 g/mol. The molecule has 2 bridgehead atoms. The lowest BCUT2D eigenvalue weighted by Crippen LogP contribution is -2.35. The lowest BCUT2D eigenvalue weighted by molar-refractivity contribution is 0.0694. The molecule has 1 fully saturated rings. The Hall–Kier alpha value is -1.46. The number of nitrogens with zero attached hydrogens (tertiary/aromatic N) is 2. The Kier molecular flexibility index (Phi) is 2.84. The van der Waals surface area contributed by atoms with Crippen molar-refractivity contribution >= 4 is 32.8 Å². The van der Waals surface area contributed by atoms with Gasteiger partial charge in [-0.15, -0.1) is 0 Å². The fourth-order valence-corrected chi connectivity index (χ4v) is 4.34. The van der Waals surface area contributed by atoms with E-state index in [1.165, 1.54) is 0 Å². The fourth-order valence-electron chi connectivity index (χ4n) is 3.89. The third kappa shape index (κ3) is 1.77. The van der Waals surface area contributed by atoms with Gasteiger partial charge in [-0.25, -0.2) is 4.79 Å². The van der Waals surface area contributed by atoms with E-state index in [1.807, 2.05) is 18.2 Å². The minimum Gasteiger partial charge on any atom is -0.478 e. The van der Waals surface area contributed by atoms with Gasteiger partial charge in [0.05, 0.1) is 11.1 Å². The SMILES string of the molecule is CN1C2CCC1c1c(nc3c(Br)cccc3c1C(=O)O)C2. The number of carboxylic acid groups (broad SMARTS) is 1. The van der Waals surface area contributed by atoms with Crippen molar-refractivity contribution < 1.29 is 9.90 Å². The molecule has 3 heterocycles. The lowest BCUT2D eigenvalue weighted by Gasteiger charge is -2.33. The first-order valence-corrected chi connectivity index (χ1v) is 7.93. The molecule has 1 aromatic heterocycles. The van der Waals surface area contributed by atoms with E-state index in [-0.39, 0.29) is 6.04 Å². The third-order valence-corrected chi connectivity index (χ3v) is 5.54. The summed E-state index contributed by atoms with van der Waals surface area (Å²) in [5, 5.41) is 10.5. The quantitative estimate of drug-likeness (QED) is 0.859. The lowest BCUT2D eigenvalue weighted by atomic mass is 9.91. The Bertz CT molecular complexity index is 774. The van der Waals surface area contributed by atoms with Crippen LogP contribution in [-0.4, -0.2) is 34.0 Å². The minimum atomic E-state index is -0.851. The summed E-state index contributed by atoms with van der Waals surface area (Å²) in [5.74, 6) is -0.851. The van der Waals surface area contributed by atoms with E-state index in [2.05, 4.69) is 27.9 Å². The van der Waals surface area contributed by atoms with Crippen LogP contribution >= 0.6 is 15.9 Å². The van der Waals surface area contributed by atoms with Gasteiger partial charge in [0, 0.05) is 39.6 Å². The van der Waals surface area contributed by atoms with Gasteiger partial charge in [0.1, 0.15) is 0 Å². The molecule has 4 nitrogen and oxygen atoms in total. The Morgan fingerprint density at radius 3 is 3.00 bits per heavy atom. The van der Waals surface area contributed by atoms with Crippen LogP contribution in [0.15, 0.2) is 22.7 Å². The monoisotopic (exact) mass is 346 g/mol. The number of likely N-dealkylation sites (N-methyl/N-ethyl adjacent to an activating group) is 1. The molecule has 2 aromatic rings. The summed E-state index contributed by atoms with van der Waals surface area (Å²) in [6, 6.07) is 6.34. The third-order valence-electron chi connectivity index (χ3n) is 4.90. The van der Waals surface area contributed by atoms with Crippen LogP contribution in [-0.2, 0) is 6.42 Å². The van der Waals surface area contributed by atoms with Gasteiger partial charge >= 0.3 is 5.97 Å². The summed E-state index contributed by atoms with van der Waals surface area (Å²) < 4.78 is 0.858. The molecule has 1 saturated heterocycles. The van der Waals surface area contributed by atoms with Crippen molar-refractivity contribution in [3.63, 3.8) is 0 Å². The molecule has 1 N–H and O–H groups in total. The molecular weight excluding hydrogens is 332 g/mol.